The Hall–Kier alpha value is -1.10. The second-order valence-electron chi connectivity index (χ2n) is 5.95. The summed E-state index contributed by atoms with van der Waals surface area (Å²) in [5, 5.41) is 4.11. The average molecular weight is 309 g/mol. The normalized spacial score (nSPS) is 26.9. The SMILES string of the molecule is O=C1COC2(CCCNCC2)CN1Cc1cccc(Cl)c1. The number of nitrogens with zero attached hydrogens (tertiary/aromatic N) is 1. The van der Waals surface area contributed by atoms with Gasteiger partial charge in [-0.3, -0.25) is 4.79 Å². The number of nitrogens with one attached hydrogen (secondary N) is 1. The van der Waals surface area contributed by atoms with Crippen molar-refractivity contribution in [3.05, 3.63) is 34.9 Å². The number of halogens is 1. The van der Waals surface area contributed by atoms with E-state index in [1.54, 1.807) is 0 Å². The van der Waals surface area contributed by atoms with E-state index in [2.05, 4.69) is 5.32 Å². The third kappa shape index (κ3) is 3.57. The van der Waals surface area contributed by atoms with E-state index in [9.17, 15) is 4.79 Å². The molecule has 1 atom stereocenters. The highest BCUT2D eigenvalue weighted by molar-refractivity contribution is 6.30. The van der Waals surface area contributed by atoms with Crippen molar-refractivity contribution in [2.75, 3.05) is 26.2 Å². The van der Waals surface area contributed by atoms with Gasteiger partial charge >= 0.3 is 0 Å². The maximum atomic E-state index is 12.1. The summed E-state index contributed by atoms with van der Waals surface area (Å²) in [6, 6.07) is 7.71. The molecule has 1 amide bonds. The minimum absolute atomic E-state index is 0.0674. The number of morpholine rings is 1. The van der Waals surface area contributed by atoms with E-state index in [1.807, 2.05) is 29.2 Å². The van der Waals surface area contributed by atoms with Gasteiger partial charge in [0.2, 0.25) is 5.91 Å². The number of ether oxygens (including phenoxy) is 1. The Bertz CT molecular complexity index is 513. The predicted octanol–water partition coefficient (Wildman–Crippen LogP) is 2.21. The third-order valence-electron chi connectivity index (χ3n) is 4.34. The van der Waals surface area contributed by atoms with Crippen LogP contribution in [-0.4, -0.2) is 42.6 Å². The maximum absolute atomic E-state index is 12.1. The van der Waals surface area contributed by atoms with Crippen molar-refractivity contribution >= 4 is 17.5 Å². The lowest BCUT2D eigenvalue weighted by atomic mass is 9.92. The lowest BCUT2D eigenvalue weighted by Crippen LogP contribution is -2.54. The first kappa shape index (κ1) is 14.8. The van der Waals surface area contributed by atoms with E-state index in [4.69, 9.17) is 16.3 Å². The molecular weight excluding hydrogens is 288 g/mol. The lowest BCUT2D eigenvalue weighted by Gasteiger charge is -2.42. The van der Waals surface area contributed by atoms with Gasteiger partial charge in [0.15, 0.2) is 0 Å². The summed E-state index contributed by atoms with van der Waals surface area (Å²) in [6.45, 7) is 3.48. The van der Waals surface area contributed by atoms with Crippen molar-refractivity contribution in [3.8, 4) is 0 Å². The molecule has 1 aromatic rings. The van der Waals surface area contributed by atoms with Crippen molar-refractivity contribution in [1.82, 2.24) is 10.2 Å². The van der Waals surface area contributed by atoms with Crippen LogP contribution >= 0.6 is 11.6 Å². The summed E-state index contributed by atoms with van der Waals surface area (Å²) in [5.74, 6) is 0.0674. The summed E-state index contributed by atoms with van der Waals surface area (Å²) in [5.41, 5.74) is 0.898. The van der Waals surface area contributed by atoms with Crippen LogP contribution in [0.15, 0.2) is 24.3 Å². The second-order valence-corrected chi connectivity index (χ2v) is 6.39. The Labute approximate surface area is 130 Å². The second kappa shape index (κ2) is 6.34. The fourth-order valence-electron chi connectivity index (χ4n) is 3.19. The number of rotatable bonds is 2. The van der Waals surface area contributed by atoms with Crippen molar-refractivity contribution in [1.29, 1.82) is 0 Å². The molecule has 0 aromatic heterocycles. The standard InChI is InChI=1S/C16H21ClN2O2/c17-14-4-1-3-13(9-14)10-19-12-16(21-11-15(19)20)5-2-7-18-8-6-16/h1,3-4,9,18H,2,5-8,10-12H2. The number of carbonyl (C=O) groups is 1. The van der Waals surface area contributed by atoms with E-state index < -0.39 is 0 Å². The van der Waals surface area contributed by atoms with Crippen LogP contribution in [0.3, 0.4) is 0 Å². The Kier molecular flexibility index (Phi) is 4.48. The maximum Gasteiger partial charge on any atom is 0.248 e. The van der Waals surface area contributed by atoms with Gasteiger partial charge in [0.05, 0.1) is 12.1 Å². The van der Waals surface area contributed by atoms with Crippen molar-refractivity contribution in [2.45, 2.75) is 31.4 Å². The van der Waals surface area contributed by atoms with E-state index in [-0.39, 0.29) is 18.1 Å². The molecule has 2 aliphatic heterocycles. The van der Waals surface area contributed by atoms with Gasteiger partial charge in [0.25, 0.3) is 0 Å². The molecular formula is C16H21ClN2O2. The van der Waals surface area contributed by atoms with Gasteiger partial charge in [0, 0.05) is 11.6 Å². The van der Waals surface area contributed by atoms with Crippen LogP contribution in [0.1, 0.15) is 24.8 Å². The zero-order chi connectivity index (χ0) is 14.7. The van der Waals surface area contributed by atoms with Crippen LogP contribution < -0.4 is 5.32 Å². The molecule has 0 radical (unpaired) electrons. The molecule has 5 heteroatoms. The fraction of sp³-hybridized carbons (Fsp3) is 0.562. The largest absolute Gasteiger partial charge is 0.363 e. The first-order chi connectivity index (χ1) is 10.2. The predicted molar refractivity (Wildman–Crippen MR) is 82.3 cm³/mol. The molecule has 4 nitrogen and oxygen atoms in total. The smallest absolute Gasteiger partial charge is 0.248 e. The summed E-state index contributed by atoms with van der Waals surface area (Å²) in [6.07, 6.45) is 3.07. The highest BCUT2D eigenvalue weighted by atomic mass is 35.5. The number of hydrogen-bond donors (Lipinski definition) is 1. The summed E-state index contributed by atoms with van der Waals surface area (Å²) in [7, 11) is 0. The molecule has 3 rings (SSSR count). The topological polar surface area (TPSA) is 41.6 Å². The Morgan fingerprint density at radius 2 is 2.24 bits per heavy atom. The van der Waals surface area contributed by atoms with Crippen molar-refractivity contribution in [3.63, 3.8) is 0 Å². The third-order valence-corrected chi connectivity index (χ3v) is 4.57. The molecule has 2 aliphatic rings. The molecule has 0 bridgehead atoms. The molecule has 2 saturated heterocycles. The minimum atomic E-state index is -0.171. The first-order valence-electron chi connectivity index (χ1n) is 7.54. The molecule has 1 spiro atoms. The minimum Gasteiger partial charge on any atom is -0.363 e. The van der Waals surface area contributed by atoms with Gasteiger partial charge in [-0.15, -0.1) is 0 Å². The summed E-state index contributed by atoms with van der Waals surface area (Å²) >= 11 is 6.03. The van der Waals surface area contributed by atoms with E-state index in [1.165, 1.54) is 0 Å². The van der Waals surface area contributed by atoms with Gasteiger partial charge in [-0.1, -0.05) is 23.7 Å². The van der Waals surface area contributed by atoms with Crippen molar-refractivity contribution in [2.24, 2.45) is 0 Å². The van der Waals surface area contributed by atoms with Crippen LogP contribution in [0.2, 0.25) is 5.02 Å². The Morgan fingerprint density at radius 1 is 1.33 bits per heavy atom. The number of carbonyl (C=O) groups excluding carboxylic acids is 1. The van der Waals surface area contributed by atoms with Gasteiger partial charge < -0.3 is 15.0 Å². The monoisotopic (exact) mass is 308 g/mol. The Balaban J connectivity index is 1.72. The van der Waals surface area contributed by atoms with Crippen molar-refractivity contribution < 1.29 is 9.53 Å². The van der Waals surface area contributed by atoms with E-state index in [0.717, 1.165) is 37.9 Å². The Morgan fingerprint density at radius 3 is 3.10 bits per heavy atom. The van der Waals surface area contributed by atoms with E-state index >= 15 is 0 Å². The van der Waals surface area contributed by atoms with Crippen LogP contribution in [0.4, 0.5) is 0 Å². The van der Waals surface area contributed by atoms with E-state index in [0.29, 0.717) is 18.1 Å². The zero-order valence-corrected chi connectivity index (χ0v) is 12.9. The molecule has 0 saturated carbocycles. The molecule has 114 valence electrons. The molecule has 21 heavy (non-hydrogen) atoms. The zero-order valence-electron chi connectivity index (χ0n) is 12.1. The molecule has 1 N–H and O–H groups in total. The van der Waals surface area contributed by atoms with Gasteiger partial charge in [-0.05, 0) is 50.0 Å². The van der Waals surface area contributed by atoms with Crippen LogP contribution in [-0.2, 0) is 16.1 Å². The lowest BCUT2D eigenvalue weighted by molar-refractivity contribution is -0.166. The molecule has 2 fully saturated rings. The molecule has 1 aromatic carbocycles. The summed E-state index contributed by atoms with van der Waals surface area (Å²) in [4.78, 5) is 14.1. The fourth-order valence-corrected chi connectivity index (χ4v) is 3.40. The summed E-state index contributed by atoms with van der Waals surface area (Å²) < 4.78 is 5.93. The highest BCUT2D eigenvalue weighted by Gasteiger charge is 2.39. The highest BCUT2D eigenvalue weighted by Crippen LogP contribution is 2.29. The van der Waals surface area contributed by atoms with Crippen LogP contribution in [0.25, 0.3) is 0 Å². The molecule has 1 unspecified atom stereocenters. The molecule has 2 heterocycles. The van der Waals surface area contributed by atoms with Crippen LogP contribution in [0.5, 0.6) is 0 Å². The van der Waals surface area contributed by atoms with Gasteiger partial charge in [-0.25, -0.2) is 0 Å². The van der Waals surface area contributed by atoms with Gasteiger partial charge in [0.1, 0.15) is 6.61 Å². The quantitative estimate of drug-likeness (QED) is 0.911. The average Bonchev–Trinajstić information content (AvgIpc) is 2.69. The number of benzene rings is 1. The van der Waals surface area contributed by atoms with Crippen LogP contribution in [0, 0.1) is 0 Å². The first-order valence-corrected chi connectivity index (χ1v) is 7.92. The molecule has 0 aliphatic carbocycles. The number of amides is 1. The number of hydrogen-bond acceptors (Lipinski definition) is 3. The van der Waals surface area contributed by atoms with Gasteiger partial charge in [-0.2, -0.15) is 0 Å².